The van der Waals surface area contributed by atoms with Gasteiger partial charge < -0.3 is 0 Å². The number of amidine groups is 1. The molecule has 0 aromatic heterocycles. The normalized spacial score (nSPS) is 16.6. The summed E-state index contributed by atoms with van der Waals surface area (Å²) >= 11 is 1.39. The molecule has 0 N–H and O–H groups in total. The average Bonchev–Trinajstić information content (AvgIpc) is 1.90. The van der Waals surface area contributed by atoms with Crippen LogP contribution in [0.25, 0.3) is 0 Å². The molecule has 0 aromatic rings. The molecule has 1 aliphatic rings. The SMILES string of the molecule is CC(C)C1=NSC=C=N1. The summed E-state index contributed by atoms with van der Waals surface area (Å²) < 4.78 is 4.08. The van der Waals surface area contributed by atoms with Crippen LogP contribution in [-0.4, -0.2) is 11.7 Å². The van der Waals surface area contributed by atoms with Crippen molar-refractivity contribution >= 4 is 23.7 Å². The molecular weight excluding hydrogens is 132 g/mol. The smallest absolute Gasteiger partial charge is 0.149 e. The third kappa shape index (κ3) is 1.70. The van der Waals surface area contributed by atoms with Gasteiger partial charge in [-0.15, -0.1) is 0 Å². The topological polar surface area (TPSA) is 24.7 Å². The van der Waals surface area contributed by atoms with Crippen LogP contribution in [-0.2, 0) is 0 Å². The summed E-state index contributed by atoms with van der Waals surface area (Å²) in [6, 6.07) is 0. The fraction of sp³-hybridized carbons (Fsp3) is 0.500. The summed E-state index contributed by atoms with van der Waals surface area (Å²) in [5, 5.41) is 1.74. The molecule has 2 nitrogen and oxygen atoms in total. The van der Waals surface area contributed by atoms with Gasteiger partial charge in [0.2, 0.25) is 0 Å². The van der Waals surface area contributed by atoms with E-state index in [9.17, 15) is 0 Å². The van der Waals surface area contributed by atoms with E-state index in [2.05, 4.69) is 29.1 Å². The molecule has 0 amide bonds. The fourth-order valence-corrected chi connectivity index (χ4v) is 0.964. The van der Waals surface area contributed by atoms with Crippen molar-refractivity contribution in [3.8, 4) is 0 Å². The van der Waals surface area contributed by atoms with Crippen molar-refractivity contribution in [1.82, 2.24) is 0 Å². The van der Waals surface area contributed by atoms with Gasteiger partial charge in [0.15, 0.2) is 0 Å². The molecule has 9 heavy (non-hydrogen) atoms. The minimum Gasteiger partial charge on any atom is -0.195 e. The summed E-state index contributed by atoms with van der Waals surface area (Å²) in [5.41, 5.74) is 0. The Morgan fingerprint density at radius 2 is 2.44 bits per heavy atom. The molecule has 0 radical (unpaired) electrons. The van der Waals surface area contributed by atoms with Crippen LogP contribution in [0.3, 0.4) is 0 Å². The Kier molecular flexibility index (Phi) is 2.09. The molecule has 0 aliphatic carbocycles. The Hall–Kier alpha value is -0.530. The minimum atomic E-state index is 0.415. The Morgan fingerprint density at radius 1 is 1.67 bits per heavy atom. The van der Waals surface area contributed by atoms with Crippen LogP contribution < -0.4 is 0 Å². The Balaban J connectivity index is 2.72. The Morgan fingerprint density at radius 3 is 2.78 bits per heavy atom. The third-order valence-electron chi connectivity index (χ3n) is 0.947. The predicted molar refractivity (Wildman–Crippen MR) is 41.9 cm³/mol. The van der Waals surface area contributed by atoms with Crippen LogP contribution in [0.4, 0.5) is 0 Å². The van der Waals surface area contributed by atoms with E-state index in [1.54, 1.807) is 5.41 Å². The van der Waals surface area contributed by atoms with Gasteiger partial charge in [-0.25, -0.2) is 0 Å². The van der Waals surface area contributed by atoms with Gasteiger partial charge in [0.25, 0.3) is 0 Å². The van der Waals surface area contributed by atoms with Gasteiger partial charge in [-0.1, -0.05) is 13.8 Å². The molecule has 0 atom stereocenters. The molecule has 0 unspecified atom stereocenters. The zero-order chi connectivity index (χ0) is 6.69. The molecule has 0 saturated heterocycles. The highest BCUT2D eigenvalue weighted by atomic mass is 32.2. The van der Waals surface area contributed by atoms with Crippen molar-refractivity contribution < 1.29 is 0 Å². The first-order valence-electron chi connectivity index (χ1n) is 2.82. The first kappa shape index (κ1) is 6.59. The number of hydrogen-bond donors (Lipinski definition) is 0. The standard InChI is InChI=1S/C6H8N2S/c1-5(2)6-7-3-4-9-8-6/h4-5H,1-2H3. The zero-order valence-corrected chi connectivity index (χ0v) is 6.27. The summed E-state index contributed by atoms with van der Waals surface area (Å²) in [7, 11) is 0. The fourth-order valence-electron chi connectivity index (χ4n) is 0.451. The maximum absolute atomic E-state index is 4.08. The monoisotopic (exact) mass is 140 g/mol. The Labute approximate surface area is 58.9 Å². The van der Waals surface area contributed by atoms with Crippen LogP contribution >= 0.6 is 11.9 Å². The van der Waals surface area contributed by atoms with Crippen molar-refractivity contribution in [2.75, 3.05) is 0 Å². The van der Waals surface area contributed by atoms with E-state index in [0.717, 1.165) is 5.84 Å². The molecular formula is C6H8N2S. The molecule has 1 rings (SSSR count). The maximum Gasteiger partial charge on any atom is 0.149 e. The molecule has 0 saturated carbocycles. The van der Waals surface area contributed by atoms with Crippen molar-refractivity contribution in [2.24, 2.45) is 15.3 Å². The van der Waals surface area contributed by atoms with E-state index in [1.165, 1.54) is 11.9 Å². The van der Waals surface area contributed by atoms with Crippen LogP contribution in [0.2, 0.25) is 0 Å². The first-order chi connectivity index (χ1) is 4.30. The second-order valence-electron chi connectivity index (χ2n) is 2.07. The van der Waals surface area contributed by atoms with Gasteiger partial charge in [0.05, 0.1) is 5.41 Å². The molecule has 3 heteroatoms. The van der Waals surface area contributed by atoms with E-state index in [0.29, 0.717) is 5.92 Å². The molecule has 48 valence electrons. The maximum atomic E-state index is 4.08. The lowest BCUT2D eigenvalue weighted by Crippen LogP contribution is -2.03. The van der Waals surface area contributed by atoms with Crippen molar-refractivity contribution in [1.29, 1.82) is 0 Å². The molecule has 0 bridgehead atoms. The number of nitrogens with zero attached hydrogens (tertiary/aromatic N) is 2. The van der Waals surface area contributed by atoms with Crippen LogP contribution in [0.1, 0.15) is 13.8 Å². The lowest BCUT2D eigenvalue weighted by atomic mass is 10.2. The lowest BCUT2D eigenvalue weighted by molar-refractivity contribution is 0.878. The minimum absolute atomic E-state index is 0.415. The third-order valence-corrected chi connectivity index (χ3v) is 1.45. The molecule has 1 heterocycles. The molecule has 0 aromatic carbocycles. The highest BCUT2D eigenvalue weighted by Gasteiger charge is 2.02. The molecule has 0 fully saturated rings. The predicted octanol–water partition coefficient (Wildman–Crippen LogP) is 1.89. The van der Waals surface area contributed by atoms with E-state index >= 15 is 0 Å². The summed E-state index contributed by atoms with van der Waals surface area (Å²) in [6.07, 6.45) is 0. The van der Waals surface area contributed by atoms with E-state index < -0.39 is 0 Å². The molecule has 1 aliphatic heterocycles. The van der Waals surface area contributed by atoms with Crippen LogP contribution in [0.5, 0.6) is 0 Å². The van der Waals surface area contributed by atoms with Crippen LogP contribution in [0, 0.1) is 5.92 Å². The summed E-state index contributed by atoms with van der Waals surface area (Å²) in [5.74, 6) is 4.04. The summed E-state index contributed by atoms with van der Waals surface area (Å²) in [6.45, 7) is 4.13. The zero-order valence-electron chi connectivity index (χ0n) is 5.46. The largest absolute Gasteiger partial charge is 0.195 e. The van der Waals surface area contributed by atoms with Gasteiger partial charge in [-0.05, 0) is 5.87 Å². The van der Waals surface area contributed by atoms with E-state index in [4.69, 9.17) is 0 Å². The highest BCUT2D eigenvalue weighted by Crippen LogP contribution is 2.10. The van der Waals surface area contributed by atoms with E-state index in [1.807, 2.05) is 0 Å². The molecule has 0 spiro atoms. The number of aliphatic imine (C=N–C) groups is 1. The van der Waals surface area contributed by atoms with Crippen molar-refractivity contribution in [3.05, 3.63) is 5.41 Å². The highest BCUT2D eigenvalue weighted by molar-refractivity contribution is 8.01. The quantitative estimate of drug-likeness (QED) is 0.510. The lowest BCUT2D eigenvalue weighted by Gasteiger charge is -2.01. The van der Waals surface area contributed by atoms with Gasteiger partial charge in [-0.2, -0.15) is 9.39 Å². The summed E-state index contributed by atoms with van der Waals surface area (Å²) in [4.78, 5) is 3.95. The van der Waals surface area contributed by atoms with Gasteiger partial charge in [0, 0.05) is 17.9 Å². The second-order valence-corrected chi connectivity index (χ2v) is 2.70. The first-order valence-corrected chi connectivity index (χ1v) is 3.66. The second kappa shape index (κ2) is 2.85. The number of rotatable bonds is 1. The van der Waals surface area contributed by atoms with Crippen molar-refractivity contribution in [2.45, 2.75) is 13.8 Å². The van der Waals surface area contributed by atoms with Gasteiger partial charge >= 0.3 is 0 Å². The number of hydrogen-bond acceptors (Lipinski definition) is 3. The van der Waals surface area contributed by atoms with Crippen LogP contribution in [0.15, 0.2) is 14.8 Å². The Bertz CT molecular complexity index is 187. The average molecular weight is 140 g/mol. The van der Waals surface area contributed by atoms with Gasteiger partial charge in [-0.3, -0.25) is 0 Å². The van der Waals surface area contributed by atoms with Crippen molar-refractivity contribution in [3.63, 3.8) is 0 Å². The van der Waals surface area contributed by atoms with E-state index in [-0.39, 0.29) is 0 Å². The van der Waals surface area contributed by atoms with Gasteiger partial charge in [0.1, 0.15) is 5.84 Å².